The summed E-state index contributed by atoms with van der Waals surface area (Å²) in [6.07, 6.45) is 0.851. The fourth-order valence-electron chi connectivity index (χ4n) is 7.08. The SMILES string of the molecule is Cc1ccc(N2CC(c3ccc(Cl)c(Oc4c(Cl)cccc4C#N)c3)CC2=O)cc1.Cc1ccc(N2CC(c3ccc(Cl)c(Oc4cccc(C#N)c4)c3)CC2=O)cc1. The third kappa shape index (κ3) is 9.54. The molecule has 8 nitrogen and oxygen atoms in total. The van der Waals surface area contributed by atoms with Gasteiger partial charge >= 0.3 is 0 Å². The number of carbonyl (C=O) groups excluding carboxylic acids is 2. The van der Waals surface area contributed by atoms with Crippen molar-refractivity contribution in [1.82, 2.24) is 0 Å². The summed E-state index contributed by atoms with van der Waals surface area (Å²) in [4.78, 5) is 28.9. The van der Waals surface area contributed by atoms with Crippen molar-refractivity contribution in [3.8, 4) is 35.1 Å². The van der Waals surface area contributed by atoms with Crippen LogP contribution in [0.5, 0.6) is 23.0 Å². The maximum Gasteiger partial charge on any atom is 0.227 e. The van der Waals surface area contributed by atoms with Crippen molar-refractivity contribution in [2.75, 3.05) is 22.9 Å². The Bertz CT molecular complexity index is 2620. The van der Waals surface area contributed by atoms with Crippen LogP contribution in [-0.2, 0) is 9.59 Å². The number of hydrogen-bond acceptors (Lipinski definition) is 6. The van der Waals surface area contributed by atoms with E-state index in [0.29, 0.717) is 69.4 Å². The predicted octanol–water partition coefficient (Wildman–Crippen LogP) is 12.3. The van der Waals surface area contributed by atoms with E-state index >= 15 is 0 Å². The molecule has 294 valence electrons. The summed E-state index contributed by atoms with van der Waals surface area (Å²) in [5.74, 6) is 2.00. The van der Waals surface area contributed by atoms with Gasteiger partial charge in [-0.25, -0.2) is 0 Å². The molecule has 2 unspecified atom stereocenters. The Morgan fingerprint density at radius 3 is 1.59 bits per heavy atom. The predicted molar refractivity (Wildman–Crippen MR) is 232 cm³/mol. The van der Waals surface area contributed by atoms with Crippen molar-refractivity contribution in [2.45, 2.75) is 38.5 Å². The van der Waals surface area contributed by atoms with Crippen LogP contribution in [0.4, 0.5) is 11.4 Å². The average Bonchev–Trinajstić information content (AvgIpc) is 3.83. The molecule has 0 saturated carbocycles. The molecule has 2 heterocycles. The Morgan fingerprint density at radius 1 is 0.576 bits per heavy atom. The highest BCUT2D eigenvalue weighted by Gasteiger charge is 2.33. The molecule has 2 aliphatic heterocycles. The van der Waals surface area contributed by atoms with Crippen LogP contribution in [0.1, 0.15) is 58.1 Å². The van der Waals surface area contributed by atoms with E-state index in [9.17, 15) is 14.9 Å². The smallest absolute Gasteiger partial charge is 0.227 e. The molecule has 0 N–H and O–H groups in total. The number of nitrogens with zero attached hydrogens (tertiary/aromatic N) is 4. The lowest BCUT2D eigenvalue weighted by Gasteiger charge is -2.18. The van der Waals surface area contributed by atoms with Gasteiger partial charge in [0.1, 0.15) is 23.3 Å². The topological polar surface area (TPSA) is 107 Å². The molecular weight excluding hydrogens is 803 g/mol. The lowest BCUT2D eigenvalue weighted by molar-refractivity contribution is -0.118. The Kier molecular flexibility index (Phi) is 12.5. The van der Waals surface area contributed by atoms with Gasteiger partial charge in [-0.3, -0.25) is 9.59 Å². The number of aryl methyl sites for hydroxylation is 2. The molecule has 2 saturated heterocycles. The largest absolute Gasteiger partial charge is 0.456 e. The van der Waals surface area contributed by atoms with Crippen LogP contribution in [0, 0.1) is 36.5 Å². The first-order valence-corrected chi connectivity index (χ1v) is 20.0. The van der Waals surface area contributed by atoms with Gasteiger partial charge in [0.2, 0.25) is 11.8 Å². The van der Waals surface area contributed by atoms with Crippen LogP contribution < -0.4 is 19.3 Å². The van der Waals surface area contributed by atoms with Crippen molar-refractivity contribution in [2.24, 2.45) is 0 Å². The molecule has 2 aliphatic rings. The van der Waals surface area contributed by atoms with E-state index in [1.54, 1.807) is 59.5 Å². The number of para-hydroxylation sites is 1. The zero-order valence-corrected chi connectivity index (χ0v) is 34.4. The minimum Gasteiger partial charge on any atom is -0.456 e. The van der Waals surface area contributed by atoms with Crippen molar-refractivity contribution < 1.29 is 19.1 Å². The van der Waals surface area contributed by atoms with Crippen molar-refractivity contribution in [3.05, 3.63) is 176 Å². The van der Waals surface area contributed by atoms with Crippen molar-refractivity contribution in [3.63, 3.8) is 0 Å². The van der Waals surface area contributed by atoms with E-state index in [0.717, 1.165) is 33.6 Å². The van der Waals surface area contributed by atoms with Crippen LogP contribution in [0.15, 0.2) is 127 Å². The highest BCUT2D eigenvalue weighted by molar-refractivity contribution is 6.33. The van der Waals surface area contributed by atoms with Gasteiger partial charge in [-0.05, 0) is 104 Å². The monoisotopic (exact) mass is 838 g/mol. The average molecular weight is 840 g/mol. The standard InChI is InChI=1S/C24H18Cl2N2O2.C24H19ClN2O2/c1-15-5-8-19(9-6-15)28-14-18(12-23(28)29)16-7-10-20(25)22(11-16)30-24-17(13-27)3-2-4-21(24)26;1-16-5-8-20(9-6-16)27-15-19(13-24(27)28)18-7-10-22(25)23(12-18)29-21-4-2-3-17(11-21)14-26/h2-11,18H,12,14H2,1H3;2-12,19H,13,15H2,1H3. The first-order valence-electron chi connectivity index (χ1n) is 18.9. The Balaban J connectivity index is 0.000000179. The second kappa shape index (κ2) is 18.1. The third-order valence-electron chi connectivity index (χ3n) is 10.3. The van der Waals surface area contributed by atoms with Gasteiger partial charge in [-0.2, -0.15) is 10.5 Å². The molecular formula is C48H37Cl3N4O4. The van der Waals surface area contributed by atoms with Gasteiger partial charge in [0.05, 0.1) is 32.3 Å². The highest BCUT2D eigenvalue weighted by Crippen LogP contribution is 2.40. The summed E-state index contributed by atoms with van der Waals surface area (Å²) < 4.78 is 11.9. The van der Waals surface area contributed by atoms with Gasteiger partial charge in [-0.15, -0.1) is 0 Å². The fraction of sp³-hybridized carbons (Fsp3) is 0.167. The number of halogens is 3. The van der Waals surface area contributed by atoms with Crippen LogP contribution >= 0.6 is 34.8 Å². The van der Waals surface area contributed by atoms with Gasteiger partial charge in [0.25, 0.3) is 0 Å². The van der Waals surface area contributed by atoms with E-state index in [1.807, 2.05) is 91.5 Å². The fourth-order valence-corrected chi connectivity index (χ4v) is 7.61. The number of ether oxygens (including phenoxy) is 2. The number of anilines is 2. The molecule has 0 spiro atoms. The van der Waals surface area contributed by atoms with Gasteiger partial charge < -0.3 is 19.3 Å². The van der Waals surface area contributed by atoms with Crippen LogP contribution in [0.2, 0.25) is 15.1 Å². The number of nitriles is 2. The van der Waals surface area contributed by atoms with Crippen LogP contribution in [-0.4, -0.2) is 24.9 Å². The lowest BCUT2D eigenvalue weighted by atomic mass is 9.98. The van der Waals surface area contributed by atoms with E-state index < -0.39 is 0 Å². The molecule has 2 fully saturated rings. The highest BCUT2D eigenvalue weighted by atomic mass is 35.5. The molecule has 59 heavy (non-hydrogen) atoms. The summed E-state index contributed by atoms with van der Waals surface area (Å²) >= 11 is 18.9. The summed E-state index contributed by atoms with van der Waals surface area (Å²) in [7, 11) is 0. The Hall–Kier alpha value is -6.29. The van der Waals surface area contributed by atoms with E-state index in [1.165, 1.54) is 0 Å². The Labute approximate surface area is 358 Å². The molecule has 8 rings (SSSR count). The van der Waals surface area contributed by atoms with E-state index in [-0.39, 0.29) is 29.4 Å². The minimum atomic E-state index is 0.0140. The molecule has 6 aromatic rings. The zero-order chi connectivity index (χ0) is 41.6. The first-order chi connectivity index (χ1) is 28.5. The van der Waals surface area contributed by atoms with Crippen LogP contribution in [0.25, 0.3) is 0 Å². The number of carbonyl (C=O) groups is 2. The third-order valence-corrected chi connectivity index (χ3v) is 11.2. The van der Waals surface area contributed by atoms with Crippen LogP contribution in [0.3, 0.4) is 0 Å². The molecule has 2 atom stereocenters. The lowest BCUT2D eigenvalue weighted by Crippen LogP contribution is -2.24. The molecule has 0 bridgehead atoms. The molecule has 2 amide bonds. The van der Waals surface area contributed by atoms with E-state index in [4.69, 9.17) is 49.5 Å². The maximum atomic E-state index is 12.6. The molecule has 6 aromatic carbocycles. The minimum absolute atomic E-state index is 0.0140. The van der Waals surface area contributed by atoms with Gasteiger partial charge in [0, 0.05) is 49.1 Å². The number of rotatable bonds is 8. The number of benzene rings is 6. The summed E-state index contributed by atoms with van der Waals surface area (Å²) in [5.41, 5.74) is 6.92. The number of hydrogen-bond donors (Lipinski definition) is 0. The summed E-state index contributed by atoms with van der Waals surface area (Å²) in [6, 6.07) is 43.1. The molecule has 0 radical (unpaired) electrons. The second-order valence-corrected chi connectivity index (χ2v) is 15.7. The van der Waals surface area contributed by atoms with Crippen molar-refractivity contribution >= 4 is 58.0 Å². The van der Waals surface area contributed by atoms with Crippen molar-refractivity contribution in [1.29, 1.82) is 10.5 Å². The summed E-state index contributed by atoms with van der Waals surface area (Å²) in [6.45, 7) is 5.25. The van der Waals surface area contributed by atoms with E-state index in [2.05, 4.69) is 12.1 Å². The molecule has 0 aromatic heterocycles. The zero-order valence-electron chi connectivity index (χ0n) is 32.2. The summed E-state index contributed by atoms with van der Waals surface area (Å²) in [5, 5.41) is 19.6. The normalized spacial score (nSPS) is 15.9. The van der Waals surface area contributed by atoms with Gasteiger partial charge in [0.15, 0.2) is 5.75 Å². The Morgan fingerprint density at radius 2 is 1.08 bits per heavy atom. The maximum absolute atomic E-state index is 12.6. The number of amides is 2. The second-order valence-electron chi connectivity index (χ2n) is 14.4. The first kappa shape index (κ1) is 40.9. The quantitative estimate of drug-likeness (QED) is 0.151. The molecule has 11 heteroatoms. The molecule has 0 aliphatic carbocycles. The van der Waals surface area contributed by atoms with Gasteiger partial charge in [-0.1, -0.05) is 94.5 Å².